The number of hydrogen-bond donors (Lipinski definition) is 0. The van der Waals surface area contributed by atoms with Crippen LogP contribution in [0.1, 0.15) is 88.8 Å². The third-order valence-electron chi connectivity index (χ3n) is 9.01. The summed E-state index contributed by atoms with van der Waals surface area (Å²) < 4.78 is 0. The van der Waals surface area contributed by atoms with Gasteiger partial charge in [-0.15, -0.1) is 0 Å². The first-order valence-corrected chi connectivity index (χ1v) is 17.7. The molecule has 0 amide bonds. The molecule has 0 bridgehead atoms. The van der Waals surface area contributed by atoms with E-state index < -0.39 is 8.07 Å². The summed E-state index contributed by atoms with van der Waals surface area (Å²) in [5.41, 5.74) is 10.7. The molecule has 39 heavy (non-hydrogen) atoms. The number of allylic oxidation sites excluding steroid dienone is 4. The third-order valence-corrected chi connectivity index (χ3v) is 14.0. The molecular weight excluding hydrogens is 485 g/mol. The minimum Gasteiger partial charge on any atom is -0.0790 e. The molecule has 0 saturated heterocycles. The quantitative estimate of drug-likeness (QED) is 0.172. The molecule has 0 nitrogen and oxygen atoms in total. The van der Waals surface area contributed by atoms with Crippen molar-refractivity contribution < 1.29 is 0 Å². The monoisotopic (exact) mass is 534 g/mol. The lowest BCUT2D eigenvalue weighted by Crippen LogP contribution is -2.69. The number of hydrogen-bond acceptors (Lipinski definition) is 0. The van der Waals surface area contributed by atoms with Crippen LogP contribution in [-0.4, -0.2) is 8.07 Å². The van der Waals surface area contributed by atoms with Crippen LogP contribution in [0.15, 0.2) is 78.4 Å². The molecule has 206 valence electrons. The molecule has 3 aromatic rings. The van der Waals surface area contributed by atoms with Gasteiger partial charge in [-0.25, -0.2) is 0 Å². The van der Waals surface area contributed by atoms with E-state index in [9.17, 15) is 0 Å². The Kier molecular flexibility index (Phi) is 9.54. The van der Waals surface area contributed by atoms with Gasteiger partial charge in [-0.3, -0.25) is 0 Å². The molecule has 4 rings (SSSR count). The lowest BCUT2D eigenvalue weighted by Gasteiger charge is -2.39. The molecule has 0 aliphatic heterocycles. The van der Waals surface area contributed by atoms with Crippen LogP contribution in [0, 0.1) is 5.92 Å². The molecule has 3 aromatic carbocycles. The van der Waals surface area contributed by atoms with E-state index >= 15 is 0 Å². The Labute approximate surface area is 240 Å². The lowest BCUT2D eigenvalue weighted by atomic mass is 10.1. The summed E-state index contributed by atoms with van der Waals surface area (Å²) in [6.45, 7) is 18.6. The summed E-state index contributed by atoms with van der Waals surface area (Å²) in [5, 5.41) is 4.75. The highest BCUT2D eigenvalue weighted by molar-refractivity contribution is 7.13. The van der Waals surface area contributed by atoms with Gasteiger partial charge in [-0.05, 0) is 99.0 Å². The van der Waals surface area contributed by atoms with E-state index in [0.29, 0.717) is 11.5 Å². The lowest BCUT2D eigenvalue weighted by molar-refractivity contribution is 0.793. The van der Waals surface area contributed by atoms with Crippen molar-refractivity contribution in [3.63, 3.8) is 0 Å². The Hall–Kier alpha value is -2.64. The zero-order chi connectivity index (χ0) is 28.2. The first-order chi connectivity index (χ1) is 18.8. The van der Waals surface area contributed by atoms with Gasteiger partial charge in [0.2, 0.25) is 0 Å². The molecule has 1 aliphatic rings. The van der Waals surface area contributed by atoms with Crippen molar-refractivity contribution in [3.05, 3.63) is 112 Å². The van der Waals surface area contributed by atoms with Gasteiger partial charge in [0.25, 0.3) is 0 Å². The smallest absolute Gasteiger partial charge is 0.0790 e. The van der Waals surface area contributed by atoms with Gasteiger partial charge in [-0.1, -0.05) is 128 Å². The van der Waals surface area contributed by atoms with Crippen molar-refractivity contribution in [1.82, 2.24) is 0 Å². The minimum absolute atomic E-state index is 0.389. The molecule has 1 aliphatic carbocycles. The Morgan fingerprint density at radius 1 is 0.513 bits per heavy atom. The van der Waals surface area contributed by atoms with Crippen LogP contribution < -0.4 is 15.6 Å². The number of aryl methyl sites for hydroxylation is 6. The molecular formula is C38H50Si. The van der Waals surface area contributed by atoms with E-state index in [4.69, 9.17) is 0 Å². The molecule has 1 heteroatoms. The molecule has 1 atom stereocenters. The van der Waals surface area contributed by atoms with Crippen LogP contribution in [-0.2, 0) is 38.5 Å². The molecule has 0 heterocycles. The van der Waals surface area contributed by atoms with E-state index in [0.717, 1.165) is 38.5 Å². The fraction of sp³-hybridized carbons (Fsp3) is 0.421. The normalized spacial score (nSPS) is 15.3. The second kappa shape index (κ2) is 12.7. The Balaban J connectivity index is 2.22. The van der Waals surface area contributed by atoms with Gasteiger partial charge in [0, 0.05) is 5.54 Å². The first-order valence-electron chi connectivity index (χ1n) is 15.6. The van der Waals surface area contributed by atoms with Crippen LogP contribution in [0.3, 0.4) is 0 Å². The van der Waals surface area contributed by atoms with E-state index in [1.54, 1.807) is 15.6 Å². The maximum atomic E-state index is 2.65. The predicted molar refractivity (Wildman–Crippen MR) is 176 cm³/mol. The predicted octanol–water partition coefficient (Wildman–Crippen LogP) is 8.05. The Bertz CT molecular complexity index is 1150. The largest absolute Gasteiger partial charge is 0.158 e. The summed E-state index contributed by atoms with van der Waals surface area (Å²) in [6, 6.07) is 22.9. The van der Waals surface area contributed by atoms with E-state index in [2.05, 4.69) is 128 Å². The average Bonchev–Trinajstić information content (AvgIpc) is 3.47. The van der Waals surface area contributed by atoms with Crippen molar-refractivity contribution in [1.29, 1.82) is 0 Å². The molecule has 0 aromatic heterocycles. The zero-order valence-corrected chi connectivity index (χ0v) is 26.8. The van der Waals surface area contributed by atoms with Crippen molar-refractivity contribution in [2.45, 2.75) is 99.5 Å². The van der Waals surface area contributed by atoms with Gasteiger partial charge in [-0.2, -0.15) is 0 Å². The molecule has 1 unspecified atom stereocenters. The summed E-state index contributed by atoms with van der Waals surface area (Å²) in [6.07, 6.45) is 14.1. The van der Waals surface area contributed by atoms with Gasteiger partial charge in [0.1, 0.15) is 0 Å². The highest BCUT2D eigenvalue weighted by Gasteiger charge is 2.46. The minimum atomic E-state index is -2.53. The highest BCUT2D eigenvalue weighted by atomic mass is 28.3. The number of benzene rings is 3. The fourth-order valence-corrected chi connectivity index (χ4v) is 11.9. The van der Waals surface area contributed by atoms with E-state index in [-0.39, 0.29) is 0 Å². The maximum absolute atomic E-state index is 2.65. The molecule has 0 N–H and O–H groups in total. The van der Waals surface area contributed by atoms with Crippen LogP contribution in [0.25, 0.3) is 0 Å². The fourth-order valence-electron chi connectivity index (χ4n) is 6.46. The summed E-state index contributed by atoms with van der Waals surface area (Å²) in [4.78, 5) is 0. The van der Waals surface area contributed by atoms with Gasteiger partial charge >= 0.3 is 0 Å². The van der Waals surface area contributed by atoms with Gasteiger partial charge in [0.15, 0.2) is 8.07 Å². The molecule has 0 radical (unpaired) electrons. The average molecular weight is 535 g/mol. The van der Waals surface area contributed by atoms with Crippen LogP contribution in [0.5, 0.6) is 0 Å². The Morgan fingerprint density at radius 3 is 1.05 bits per heavy atom. The second-order valence-corrected chi connectivity index (χ2v) is 15.8. The van der Waals surface area contributed by atoms with Crippen molar-refractivity contribution in [3.8, 4) is 0 Å². The Morgan fingerprint density at radius 2 is 0.821 bits per heavy atom. The van der Waals surface area contributed by atoms with Crippen molar-refractivity contribution in [2.75, 3.05) is 0 Å². The topological polar surface area (TPSA) is 0 Å². The molecule has 0 saturated carbocycles. The summed E-state index contributed by atoms with van der Waals surface area (Å²) in [5.74, 6) is 0.535. The van der Waals surface area contributed by atoms with Crippen molar-refractivity contribution in [2.24, 2.45) is 5.92 Å². The number of rotatable bonds is 11. The third kappa shape index (κ3) is 5.80. The van der Waals surface area contributed by atoms with E-state index in [1.165, 1.54) is 39.0 Å². The van der Waals surface area contributed by atoms with E-state index in [1.807, 2.05) is 0 Å². The standard InChI is InChI=1S/C38H50Si/c1-9-28-17-29(10-2)21-36(20-28)39(35-16-15-34(26-35)27(7)8,37-22-30(11-3)18-31(12-4)23-37)38-24-32(13-5)19-33(14-6)25-38/h15-27,35H,9-14H2,1-8H3. The van der Waals surface area contributed by atoms with Crippen LogP contribution >= 0.6 is 0 Å². The van der Waals surface area contributed by atoms with Gasteiger partial charge < -0.3 is 0 Å². The van der Waals surface area contributed by atoms with Crippen molar-refractivity contribution >= 4 is 23.6 Å². The maximum Gasteiger partial charge on any atom is 0.158 e. The zero-order valence-electron chi connectivity index (χ0n) is 25.8. The van der Waals surface area contributed by atoms with Crippen LogP contribution in [0.2, 0.25) is 5.54 Å². The summed E-state index contributed by atoms with van der Waals surface area (Å²) in [7, 11) is -2.53. The molecule has 0 spiro atoms. The van der Waals surface area contributed by atoms with Crippen LogP contribution in [0.4, 0.5) is 0 Å². The highest BCUT2D eigenvalue weighted by Crippen LogP contribution is 2.35. The van der Waals surface area contributed by atoms with Gasteiger partial charge in [0.05, 0.1) is 0 Å². The second-order valence-electron chi connectivity index (χ2n) is 11.8. The first kappa shape index (κ1) is 29.3. The SMILES string of the molecule is CCc1cc(CC)cc([Si](c2cc(CC)cc(CC)c2)(c2cc(CC)cc(CC)c2)C2C=CC(C(C)C)=C2)c1. The summed E-state index contributed by atoms with van der Waals surface area (Å²) >= 11 is 0. The molecule has 0 fully saturated rings.